The maximum atomic E-state index is 13.7. The van der Waals surface area contributed by atoms with E-state index in [-0.39, 0.29) is 40.4 Å². The number of esters is 1. The molecule has 4 aromatic rings. The highest BCUT2D eigenvalue weighted by Crippen LogP contribution is 2.48. The summed E-state index contributed by atoms with van der Waals surface area (Å²) >= 11 is 0. The van der Waals surface area contributed by atoms with E-state index in [0.29, 0.717) is 11.1 Å². The highest BCUT2D eigenvalue weighted by atomic mass is 19.2. The van der Waals surface area contributed by atoms with Gasteiger partial charge in [-0.3, -0.25) is 14.4 Å². The summed E-state index contributed by atoms with van der Waals surface area (Å²) in [5.41, 5.74) is 0.846. The van der Waals surface area contributed by atoms with E-state index < -0.39 is 40.7 Å². The first-order chi connectivity index (χ1) is 17.3. The summed E-state index contributed by atoms with van der Waals surface area (Å²) in [6.07, 6.45) is 0.920. The highest BCUT2D eigenvalue weighted by Gasteiger charge is 2.39. The molecule has 36 heavy (non-hydrogen) atoms. The Morgan fingerprint density at radius 3 is 2.44 bits per heavy atom. The number of rotatable bonds is 2. The Morgan fingerprint density at radius 2 is 1.67 bits per heavy atom. The fraction of sp³-hybridized carbons (Fsp3) is 0.0741. The van der Waals surface area contributed by atoms with Crippen LogP contribution >= 0.6 is 0 Å². The van der Waals surface area contributed by atoms with Crippen LogP contribution in [0.2, 0.25) is 0 Å². The predicted octanol–water partition coefficient (Wildman–Crippen LogP) is 5.00. The lowest BCUT2D eigenvalue weighted by molar-refractivity contribution is -0.135. The maximum absolute atomic E-state index is 13.7. The summed E-state index contributed by atoms with van der Waals surface area (Å²) in [6, 6.07) is 13.2. The molecule has 2 aliphatic rings. The fourth-order valence-electron chi connectivity index (χ4n) is 4.60. The molecule has 0 radical (unpaired) electrons. The molecule has 0 bridgehead atoms. The number of aromatic amines is 1. The lowest BCUT2D eigenvalue weighted by atomic mass is 9.85. The average molecular weight is 489 g/mol. The number of ketones is 1. The van der Waals surface area contributed by atoms with Gasteiger partial charge in [-0.05, 0) is 53.4 Å². The van der Waals surface area contributed by atoms with Crippen molar-refractivity contribution in [1.29, 1.82) is 0 Å². The molecular weight excluding hydrogens is 475 g/mol. The third-order valence-electron chi connectivity index (χ3n) is 6.24. The molecule has 2 aliphatic heterocycles. The van der Waals surface area contributed by atoms with Gasteiger partial charge in [0.05, 0.1) is 12.0 Å². The molecule has 0 saturated heterocycles. The zero-order valence-electron chi connectivity index (χ0n) is 18.2. The molecule has 0 saturated carbocycles. The van der Waals surface area contributed by atoms with E-state index in [9.17, 15) is 27.6 Å². The van der Waals surface area contributed by atoms with Crippen LogP contribution in [0.15, 0.2) is 65.2 Å². The van der Waals surface area contributed by atoms with Crippen LogP contribution in [-0.4, -0.2) is 16.7 Å². The molecule has 0 spiro atoms. The SMILES string of the molecule is O=C1C[C@@H](c2cc3ccccc3[nH]c2=O)c2c(ccc3c2O/C(=C/c2cc(F)c(F)c(F)c2)C3=O)O1. The van der Waals surface area contributed by atoms with Crippen LogP contribution < -0.4 is 15.0 Å². The van der Waals surface area contributed by atoms with Gasteiger partial charge in [0.1, 0.15) is 11.5 Å². The van der Waals surface area contributed by atoms with Crippen LogP contribution in [0.5, 0.6) is 11.5 Å². The summed E-state index contributed by atoms with van der Waals surface area (Å²) in [4.78, 5) is 41.2. The molecular formula is C27H14F3NO5. The third-order valence-corrected chi connectivity index (χ3v) is 6.24. The Kier molecular flexibility index (Phi) is 4.82. The average Bonchev–Trinajstić information content (AvgIpc) is 3.16. The zero-order valence-corrected chi connectivity index (χ0v) is 18.2. The van der Waals surface area contributed by atoms with Gasteiger partial charge in [-0.1, -0.05) is 18.2 Å². The van der Waals surface area contributed by atoms with Crippen LogP contribution in [-0.2, 0) is 4.79 Å². The molecule has 0 fully saturated rings. The number of aromatic nitrogens is 1. The maximum Gasteiger partial charge on any atom is 0.312 e. The van der Waals surface area contributed by atoms with E-state index in [1.54, 1.807) is 18.2 Å². The van der Waals surface area contributed by atoms with E-state index >= 15 is 0 Å². The molecule has 3 aromatic carbocycles. The first kappa shape index (κ1) is 21.8. The van der Waals surface area contributed by atoms with Crippen molar-refractivity contribution in [2.45, 2.75) is 12.3 Å². The van der Waals surface area contributed by atoms with Crippen molar-refractivity contribution in [1.82, 2.24) is 4.98 Å². The number of carbonyl (C=O) groups is 2. The number of halogens is 3. The van der Waals surface area contributed by atoms with Crippen molar-refractivity contribution in [3.63, 3.8) is 0 Å². The lowest BCUT2D eigenvalue weighted by Crippen LogP contribution is -2.26. The molecule has 0 unspecified atom stereocenters. The van der Waals surface area contributed by atoms with Crippen LogP contribution in [0.1, 0.15) is 39.4 Å². The van der Waals surface area contributed by atoms with E-state index in [0.717, 1.165) is 23.6 Å². The number of para-hydroxylation sites is 1. The van der Waals surface area contributed by atoms with Crippen LogP contribution in [0.4, 0.5) is 13.2 Å². The zero-order chi connectivity index (χ0) is 25.1. The molecule has 6 nitrogen and oxygen atoms in total. The number of H-pyrrole nitrogens is 1. The number of nitrogens with one attached hydrogen (secondary N) is 1. The number of pyridine rings is 1. The fourth-order valence-corrected chi connectivity index (χ4v) is 4.60. The minimum absolute atomic E-state index is 0.0804. The number of ether oxygens (including phenoxy) is 2. The van der Waals surface area contributed by atoms with Gasteiger partial charge in [-0.2, -0.15) is 0 Å². The normalized spacial score (nSPS) is 17.6. The number of hydrogen-bond acceptors (Lipinski definition) is 5. The van der Waals surface area contributed by atoms with Gasteiger partial charge < -0.3 is 14.5 Å². The van der Waals surface area contributed by atoms with Gasteiger partial charge in [-0.15, -0.1) is 0 Å². The predicted molar refractivity (Wildman–Crippen MR) is 122 cm³/mol. The quantitative estimate of drug-likeness (QED) is 0.185. The molecule has 1 aromatic heterocycles. The number of allylic oxidation sites excluding steroid dienone is 1. The number of Topliss-reactive ketones (excluding diaryl/α,β-unsaturated/α-hetero) is 1. The molecule has 3 heterocycles. The second kappa shape index (κ2) is 7.94. The van der Waals surface area contributed by atoms with Crippen molar-refractivity contribution in [3.8, 4) is 11.5 Å². The van der Waals surface area contributed by atoms with Crippen LogP contribution in [0.25, 0.3) is 17.0 Å². The Labute approximate surface area is 200 Å². The van der Waals surface area contributed by atoms with E-state index in [4.69, 9.17) is 9.47 Å². The first-order valence-corrected chi connectivity index (χ1v) is 10.9. The molecule has 178 valence electrons. The summed E-state index contributed by atoms with van der Waals surface area (Å²) in [6.45, 7) is 0. The standard InChI is InChI=1S/C27H14F3NO5/c28-17-7-12(8-18(29)24(17)30)9-21-25(33)14-5-6-20-23(26(14)36-21)15(11-22(32)35-20)16-10-13-3-1-2-4-19(13)31-27(16)34/h1-10,15H,11H2,(H,31,34)/b21-9+/t15-/m0/s1. The van der Waals surface area contributed by atoms with Gasteiger partial charge in [0.25, 0.3) is 5.56 Å². The lowest BCUT2D eigenvalue weighted by Gasteiger charge is -2.26. The molecule has 1 atom stereocenters. The van der Waals surface area contributed by atoms with E-state index in [2.05, 4.69) is 4.98 Å². The summed E-state index contributed by atoms with van der Waals surface area (Å²) in [5.74, 6) is -6.41. The number of carbonyl (C=O) groups excluding carboxylic acids is 2. The van der Waals surface area contributed by atoms with Crippen molar-refractivity contribution in [2.24, 2.45) is 0 Å². The molecule has 6 rings (SSSR count). The molecule has 0 aliphatic carbocycles. The molecule has 1 N–H and O–H groups in total. The van der Waals surface area contributed by atoms with E-state index in [1.165, 1.54) is 12.1 Å². The Morgan fingerprint density at radius 1 is 0.917 bits per heavy atom. The third kappa shape index (κ3) is 3.39. The monoisotopic (exact) mass is 489 g/mol. The Hall–Kier alpha value is -4.66. The Bertz CT molecular complexity index is 1700. The largest absolute Gasteiger partial charge is 0.452 e. The second-order valence-corrected chi connectivity index (χ2v) is 8.46. The second-order valence-electron chi connectivity index (χ2n) is 8.46. The van der Waals surface area contributed by atoms with Gasteiger partial charge in [0, 0.05) is 22.6 Å². The number of fused-ring (bicyclic) bond motifs is 4. The number of benzene rings is 3. The molecule has 0 amide bonds. The van der Waals surface area contributed by atoms with Crippen molar-refractivity contribution in [3.05, 3.63) is 110 Å². The highest BCUT2D eigenvalue weighted by molar-refractivity contribution is 6.15. The van der Waals surface area contributed by atoms with E-state index in [1.807, 2.05) is 12.1 Å². The number of hydrogen-bond donors (Lipinski definition) is 1. The van der Waals surface area contributed by atoms with Crippen molar-refractivity contribution < 1.29 is 32.2 Å². The minimum atomic E-state index is -1.63. The smallest absolute Gasteiger partial charge is 0.312 e. The summed E-state index contributed by atoms with van der Waals surface area (Å²) in [5, 5.41) is 0.748. The van der Waals surface area contributed by atoms with Crippen LogP contribution in [0, 0.1) is 17.5 Å². The minimum Gasteiger partial charge on any atom is -0.452 e. The van der Waals surface area contributed by atoms with Crippen molar-refractivity contribution in [2.75, 3.05) is 0 Å². The van der Waals surface area contributed by atoms with Gasteiger partial charge in [0.2, 0.25) is 5.78 Å². The van der Waals surface area contributed by atoms with Gasteiger partial charge in [-0.25, -0.2) is 13.2 Å². The van der Waals surface area contributed by atoms with Crippen molar-refractivity contribution >= 4 is 28.7 Å². The summed E-state index contributed by atoms with van der Waals surface area (Å²) < 4.78 is 51.9. The van der Waals surface area contributed by atoms with Gasteiger partial charge in [0.15, 0.2) is 23.2 Å². The summed E-state index contributed by atoms with van der Waals surface area (Å²) in [7, 11) is 0. The first-order valence-electron chi connectivity index (χ1n) is 10.9. The van der Waals surface area contributed by atoms with Gasteiger partial charge >= 0.3 is 5.97 Å². The molecule has 9 heteroatoms. The Balaban J connectivity index is 1.49. The topological polar surface area (TPSA) is 85.5 Å². The van der Waals surface area contributed by atoms with Crippen LogP contribution in [0.3, 0.4) is 0 Å².